The van der Waals surface area contributed by atoms with Crippen LogP contribution in [0.4, 0.5) is 9.18 Å². The van der Waals surface area contributed by atoms with Crippen molar-refractivity contribution < 1.29 is 18.7 Å². The standard InChI is InChI=1S/C13H18ClFN2O3/c1-13(2,3)6-8(20-12(16)18)7-19-9-4-5-17-11(14)10(9)15/h4-5,8H,6-7H2,1-3H3,(H2,16,18)/t8-/m0/s1. The summed E-state index contributed by atoms with van der Waals surface area (Å²) < 4.78 is 23.9. The molecule has 0 saturated heterocycles. The summed E-state index contributed by atoms with van der Waals surface area (Å²) in [5.41, 5.74) is 4.91. The summed E-state index contributed by atoms with van der Waals surface area (Å²) in [5.74, 6) is -0.792. The van der Waals surface area contributed by atoms with Gasteiger partial charge in [0.1, 0.15) is 12.7 Å². The maximum Gasteiger partial charge on any atom is 0.404 e. The summed E-state index contributed by atoms with van der Waals surface area (Å²) in [7, 11) is 0. The molecule has 112 valence electrons. The Balaban J connectivity index is 2.70. The van der Waals surface area contributed by atoms with Gasteiger partial charge in [-0.25, -0.2) is 9.78 Å². The minimum Gasteiger partial charge on any atom is -0.486 e. The predicted molar refractivity (Wildman–Crippen MR) is 73.2 cm³/mol. The van der Waals surface area contributed by atoms with E-state index in [9.17, 15) is 9.18 Å². The van der Waals surface area contributed by atoms with E-state index < -0.39 is 18.0 Å². The van der Waals surface area contributed by atoms with Crippen molar-refractivity contribution in [2.45, 2.75) is 33.3 Å². The average Bonchev–Trinajstić information content (AvgIpc) is 2.28. The zero-order chi connectivity index (χ0) is 15.3. The van der Waals surface area contributed by atoms with Gasteiger partial charge in [0, 0.05) is 12.3 Å². The molecule has 0 aliphatic heterocycles. The van der Waals surface area contributed by atoms with Gasteiger partial charge in [-0.2, -0.15) is 4.39 Å². The number of primary amides is 1. The van der Waals surface area contributed by atoms with Crippen LogP contribution in [0.2, 0.25) is 5.15 Å². The number of ether oxygens (including phenoxy) is 2. The minimum atomic E-state index is -0.893. The smallest absolute Gasteiger partial charge is 0.404 e. The van der Waals surface area contributed by atoms with Crippen molar-refractivity contribution in [2.75, 3.05) is 6.61 Å². The number of hydrogen-bond acceptors (Lipinski definition) is 4. The van der Waals surface area contributed by atoms with E-state index in [1.807, 2.05) is 20.8 Å². The number of nitrogens with zero attached hydrogens (tertiary/aromatic N) is 1. The Labute approximate surface area is 122 Å². The first-order valence-electron chi connectivity index (χ1n) is 6.08. The second kappa shape index (κ2) is 6.74. The molecule has 0 aliphatic rings. The Morgan fingerprint density at radius 2 is 2.20 bits per heavy atom. The lowest BCUT2D eigenvalue weighted by molar-refractivity contribution is 0.0453. The second-order valence-corrected chi connectivity index (χ2v) is 5.91. The fourth-order valence-electron chi connectivity index (χ4n) is 1.68. The maximum absolute atomic E-state index is 13.6. The fraction of sp³-hybridized carbons (Fsp3) is 0.538. The van der Waals surface area contributed by atoms with E-state index in [0.29, 0.717) is 6.42 Å². The number of aromatic nitrogens is 1. The Morgan fingerprint density at radius 1 is 1.55 bits per heavy atom. The zero-order valence-electron chi connectivity index (χ0n) is 11.7. The zero-order valence-corrected chi connectivity index (χ0v) is 12.4. The van der Waals surface area contributed by atoms with Gasteiger partial charge >= 0.3 is 6.09 Å². The number of hydrogen-bond donors (Lipinski definition) is 1. The van der Waals surface area contributed by atoms with Gasteiger partial charge in [0.05, 0.1) is 0 Å². The van der Waals surface area contributed by atoms with Gasteiger partial charge in [-0.05, 0) is 11.8 Å². The lowest BCUT2D eigenvalue weighted by atomic mass is 9.89. The van der Waals surface area contributed by atoms with Crippen LogP contribution in [0, 0.1) is 11.2 Å². The third kappa shape index (κ3) is 5.61. The van der Waals surface area contributed by atoms with Gasteiger partial charge < -0.3 is 15.2 Å². The van der Waals surface area contributed by atoms with E-state index in [1.54, 1.807) is 0 Å². The maximum atomic E-state index is 13.6. The summed E-state index contributed by atoms with van der Waals surface area (Å²) >= 11 is 5.55. The van der Waals surface area contributed by atoms with Crippen molar-refractivity contribution in [1.29, 1.82) is 0 Å². The van der Waals surface area contributed by atoms with Crippen LogP contribution in [0.5, 0.6) is 5.75 Å². The molecular weight excluding hydrogens is 287 g/mol. The van der Waals surface area contributed by atoms with Crippen molar-refractivity contribution in [2.24, 2.45) is 11.1 Å². The normalized spacial score (nSPS) is 12.8. The van der Waals surface area contributed by atoms with Gasteiger partial charge in [-0.1, -0.05) is 32.4 Å². The largest absolute Gasteiger partial charge is 0.486 e. The van der Waals surface area contributed by atoms with Gasteiger partial charge in [-0.3, -0.25) is 0 Å². The molecule has 0 fully saturated rings. The Hall–Kier alpha value is -1.56. The quantitative estimate of drug-likeness (QED) is 0.848. The molecule has 1 aromatic rings. The van der Waals surface area contributed by atoms with Gasteiger partial charge in [0.25, 0.3) is 0 Å². The Bertz CT molecular complexity index is 477. The van der Waals surface area contributed by atoms with E-state index in [4.69, 9.17) is 26.8 Å². The van der Waals surface area contributed by atoms with Crippen molar-refractivity contribution in [3.63, 3.8) is 0 Å². The number of halogens is 2. The molecule has 2 N–H and O–H groups in total. The molecule has 0 spiro atoms. The Kier molecular flexibility index (Phi) is 5.56. The summed E-state index contributed by atoms with van der Waals surface area (Å²) in [6, 6.07) is 1.35. The molecule has 7 heteroatoms. The van der Waals surface area contributed by atoms with E-state index in [2.05, 4.69) is 4.98 Å². The van der Waals surface area contributed by atoms with E-state index in [-0.39, 0.29) is 22.9 Å². The molecule has 1 heterocycles. The highest BCUT2D eigenvalue weighted by Crippen LogP contribution is 2.25. The van der Waals surface area contributed by atoms with Crippen LogP contribution in [0.3, 0.4) is 0 Å². The molecule has 1 amide bonds. The number of amides is 1. The number of carbonyl (C=O) groups excluding carboxylic acids is 1. The third-order valence-electron chi connectivity index (χ3n) is 2.36. The lowest BCUT2D eigenvalue weighted by Gasteiger charge is -2.25. The van der Waals surface area contributed by atoms with E-state index in [0.717, 1.165) is 0 Å². The van der Waals surface area contributed by atoms with E-state index in [1.165, 1.54) is 12.3 Å². The topological polar surface area (TPSA) is 74.4 Å². The number of nitrogens with two attached hydrogens (primary N) is 1. The minimum absolute atomic E-state index is 0.0164. The van der Waals surface area contributed by atoms with Gasteiger partial charge in [0.2, 0.25) is 5.82 Å². The van der Waals surface area contributed by atoms with Crippen LogP contribution in [0.25, 0.3) is 0 Å². The van der Waals surface area contributed by atoms with Crippen molar-refractivity contribution in [3.8, 4) is 5.75 Å². The first kappa shape index (κ1) is 16.5. The molecule has 0 saturated carbocycles. The summed E-state index contributed by atoms with van der Waals surface area (Å²) in [4.78, 5) is 14.4. The molecule has 1 aromatic heterocycles. The monoisotopic (exact) mass is 304 g/mol. The van der Waals surface area contributed by atoms with Gasteiger partial charge in [-0.15, -0.1) is 0 Å². The van der Waals surface area contributed by atoms with Crippen LogP contribution in [-0.4, -0.2) is 23.8 Å². The predicted octanol–water partition coefficient (Wildman–Crippen LogP) is 3.15. The molecule has 1 atom stereocenters. The average molecular weight is 305 g/mol. The first-order valence-corrected chi connectivity index (χ1v) is 6.46. The van der Waals surface area contributed by atoms with Crippen LogP contribution in [0.1, 0.15) is 27.2 Å². The molecule has 0 radical (unpaired) electrons. The molecule has 0 aliphatic carbocycles. The van der Waals surface area contributed by atoms with Gasteiger partial charge in [0.15, 0.2) is 10.9 Å². The van der Waals surface area contributed by atoms with Crippen molar-refractivity contribution >= 4 is 17.7 Å². The second-order valence-electron chi connectivity index (χ2n) is 5.55. The molecular formula is C13H18ClFN2O3. The molecule has 0 aromatic carbocycles. The number of rotatable bonds is 5. The molecule has 5 nitrogen and oxygen atoms in total. The summed E-state index contributed by atoms with van der Waals surface area (Å²) in [5, 5.41) is -0.273. The van der Waals surface area contributed by atoms with E-state index >= 15 is 0 Å². The first-order chi connectivity index (χ1) is 9.19. The molecule has 1 rings (SSSR count). The molecule has 0 bridgehead atoms. The highest BCUT2D eigenvalue weighted by molar-refractivity contribution is 6.29. The lowest BCUT2D eigenvalue weighted by Crippen LogP contribution is -2.31. The number of pyridine rings is 1. The highest BCUT2D eigenvalue weighted by atomic mass is 35.5. The highest BCUT2D eigenvalue weighted by Gasteiger charge is 2.23. The van der Waals surface area contributed by atoms with Crippen LogP contribution in [0.15, 0.2) is 12.3 Å². The van der Waals surface area contributed by atoms with Crippen LogP contribution in [-0.2, 0) is 4.74 Å². The van der Waals surface area contributed by atoms with Crippen molar-refractivity contribution in [1.82, 2.24) is 4.98 Å². The molecule has 20 heavy (non-hydrogen) atoms. The van der Waals surface area contributed by atoms with Crippen LogP contribution >= 0.6 is 11.6 Å². The fourth-order valence-corrected chi connectivity index (χ4v) is 1.83. The molecule has 0 unspecified atom stereocenters. The summed E-state index contributed by atoms with van der Waals surface area (Å²) in [6.07, 6.45) is 0.389. The number of carbonyl (C=O) groups is 1. The Morgan fingerprint density at radius 3 is 2.75 bits per heavy atom. The van der Waals surface area contributed by atoms with Crippen molar-refractivity contribution in [3.05, 3.63) is 23.2 Å². The van der Waals surface area contributed by atoms with Crippen LogP contribution < -0.4 is 10.5 Å². The third-order valence-corrected chi connectivity index (χ3v) is 2.62. The summed E-state index contributed by atoms with van der Waals surface area (Å²) in [6.45, 7) is 5.92. The SMILES string of the molecule is CC(C)(C)C[C@@H](COc1ccnc(Cl)c1F)OC(N)=O.